The maximum Gasteiger partial charge on any atom is 0.293 e. The number of aliphatic hydroxyl groups excluding tert-OH is 1. The van der Waals surface area contributed by atoms with Gasteiger partial charge >= 0.3 is 0 Å². The molecule has 1 aromatic carbocycles. The van der Waals surface area contributed by atoms with Crippen LogP contribution < -0.4 is 5.48 Å². The molecule has 154 valence electrons. The molecule has 3 rings (SSSR count). The molecule has 1 atom stereocenters. The molecule has 0 spiro atoms. The summed E-state index contributed by atoms with van der Waals surface area (Å²) >= 11 is 0. The number of aromatic nitrogens is 2. The zero-order chi connectivity index (χ0) is 21.0. The fourth-order valence-corrected chi connectivity index (χ4v) is 2.94. The van der Waals surface area contributed by atoms with E-state index in [0.717, 1.165) is 11.6 Å². The summed E-state index contributed by atoms with van der Waals surface area (Å²) in [5, 5.41) is 18.6. The Kier molecular flexibility index (Phi) is 6.53. The minimum Gasteiger partial charge on any atom is -0.396 e. The summed E-state index contributed by atoms with van der Waals surface area (Å²) in [6, 6.07) is 4.89. The first-order valence-corrected chi connectivity index (χ1v) is 8.97. The summed E-state index contributed by atoms with van der Waals surface area (Å²) in [4.78, 5) is 15.7. The molecule has 0 unspecified atom stereocenters. The number of benzene rings is 1. The minimum absolute atomic E-state index is 0.00363. The molecule has 9 heteroatoms. The van der Waals surface area contributed by atoms with E-state index in [2.05, 4.69) is 4.98 Å². The maximum absolute atomic E-state index is 14.1. The number of aliphatic hydroxyl groups is 1. The lowest BCUT2D eigenvalue weighted by Crippen LogP contribution is -2.19. The van der Waals surface area contributed by atoms with Crippen LogP contribution in [0, 0.1) is 17.6 Å². The molecule has 1 amide bonds. The summed E-state index contributed by atoms with van der Waals surface area (Å²) in [6.07, 6.45) is 3.20. The van der Waals surface area contributed by atoms with Gasteiger partial charge in [-0.15, -0.1) is 0 Å². The van der Waals surface area contributed by atoms with E-state index in [1.807, 2.05) is 6.92 Å². The Hall–Kier alpha value is -2.88. The number of amides is 1. The summed E-state index contributed by atoms with van der Waals surface area (Å²) < 4.78 is 34.6. The van der Waals surface area contributed by atoms with E-state index in [4.69, 9.17) is 15.1 Å². The van der Waals surface area contributed by atoms with Crippen molar-refractivity contribution in [1.82, 2.24) is 15.0 Å². The molecule has 3 N–H and O–H groups in total. The second-order valence-corrected chi connectivity index (χ2v) is 6.85. The van der Waals surface area contributed by atoms with Crippen LogP contribution in [-0.4, -0.2) is 39.0 Å². The highest BCUT2D eigenvalue weighted by atomic mass is 19.1. The number of nitrogens with zero attached hydrogens (tertiary/aromatic N) is 2. The Morgan fingerprint density at radius 1 is 1.31 bits per heavy atom. The summed E-state index contributed by atoms with van der Waals surface area (Å²) in [6.45, 7) is 2.50. The number of hydroxylamine groups is 1. The Balaban J connectivity index is 1.97. The zero-order valence-electron chi connectivity index (χ0n) is 15.7. The van der Waals surface area contributed by atoms with Crippen LogP contribution in [0.2, 0.25) is 0 Å². The van der Waals surface area contributed by atoms with Crippen molar-refractivity contribution in [3.05, 3.63) is 65.1 Å². The van der Waals surface area contributed by atoms with Crippen molar-refractivity contribution in [2.75, 3.05) is 13.2 Å². The average molecular weight is 405 g/mol. The van der Waals surface area contributed by atoms with Crippen molar-refractivity contribution in [3.63, 3.8) is 0 Å². The molecule has 0 radical (unpaired) electrons. The quantitative estimate of drug-likeness (QED) is 0.396. The highest BCUT2D eigenvalue weighted by Crippen LogP contribution is 2.24. The number of hydrogen-bond acceptors (Lipinski definition) is 5. The number of carbonyl (C=O) groups excluding carboxylic acids is 1. The molecule has 0 aliphatic rings. The van der Waals surface area contributed by atoms with E-state index in [1.54, 1.807) is 10.8 Å². The van der Waals surface area contributed by atoms with Crippen molar-refractivity contribution in [1.29, 1.82) is 0 Å². The Labute approximate surface area is 165 Å². The third-order valence-electron chi connectivity index (χ3n) is 4.51. The molecule has 0 saturated carbocycles. The Morgan fingerprint density at radius 2 is 2.10 bits per heavy atom. The zero-order valence-corrected chi connectivity index (χ0v) is 15.7. The predicted octanol–water partition coefficient (Wildman–Crippen LogP) is 2.63. The highest BCUT2D eigenvalue weighted by Gasteiger charge is 2.15. The van der Waals surface area contributed by atoms with Gasteiger partial charge in [0.15, 0.2) is 0 Å². The number of nitrogens with one attached hydrogen (secondary N) is 1. The lowest BCUT2D eigenvalue weighted by molar-refractivity contribution is 0.0696. The molecule has 29 heavy (non-hydrogen) atoms. The van der Waals surface area contributed by atoms with Gasteiger partial charge in [-0.2, -0.15) is 0 Å². The second kappa shape index (κ2) is 9.08. The van der Waals surface area contributed by atoms with E-state index in [9.17, 15) is 13.6 Å². The van der Waals surface area contributed by atoms with Gasteiger partial charge in [0.1, 0.15) is 17.3 Å². The number of rotatable bonds is 8. The fraction of sp³-hybridized carbons (Fsp3) is 0.300. The first-order valence-electron chi connectivity index (χ1n) is 8.97. The Bertz CT molecular complexity index is 1020. The molecule has 7 nitrogen and oxygen atoms in total. The second-order valence-electron chi connectivity index (χ2n) is 6.85. The highest BCUT2D eigenvalue weighted by molar-refractivity contribution is 5.96. The van der Waals surface area contributed by atoms with Crippen molar-refractivity contribution < 1.29 is 28.6 Å². The first-order chi connectivity index (χ1) is 13.9. The van der Waals surface area contributed by atoms with Gasteiger partial charge in [0.05, 0.1) is 31.5 Å². The van der Waals surface area contributed by atoms with Crippen molar-refractivity contribution in [3.8, 4) is 0 Å². The van der Waals surface area contributed by atoms with Gasteiger partial charge in [-0.1, -0.05) is 13.0 Å². The summed E-state index contributed by atoms with van der Waals surface area (Å²) in [5.74, 6) is -2.11. The Morgan fingerprint density at radius 3 is 2.79 bits per heavy atom. The molecule has 0 fully saturated rings. The van der Waals surface area contributed by atoms with Crippen molar-refractivity contribution in [2.45, 2.75) is 20.1 Å². The van der Waals surface area contributed by atoms with E-state index >= 15 is 0 Å². The smallest absolute Gasteiger partial charge is 0.293 e. The van der Waals surface area contributed by atoms with Gasteiger partial charge in [0.25, 0.3) is 5.91 Å². The fourth-order valence-electron chi connectivity index (χ4n) is 2.94. The predicted molar refractivity (Wildman–Crippen MR) is 100 cm³/mol. The lowest BCUT2D eigenvalue weighted by atomic mass is 10.2. The number of hydrogen-bond donors (Lipinski definition) is 3. The third kappa shape index (κ3) is 4.76. The molecule has 2 aromatic heterocycles. The molecular formula is C20H21F2N3O4. The van der Waals surface area contributed by atoms with Gasteiger partial charge < -0.3 is 14.4 Å². The van der Waals surface area contributed by atoms with Crippen LogP contribution in [0.3, 0.4) is 0 Å². The first kappa shape index (κ1) is 20.8. The monoisotopic (exact) mass is 405 g/mol. The van der Waals surface area contributed by atoms with Gasteiger partial charge in [-0.05, 0) is 12.1 Å². The largest absolute Gasteiger partial charge is 0.396 e. The van der Waals surface area contributed by atoms with Gasteiger partial charge in [0.2, 0.25) is 0 Å². The van der Waals surface area contributed by atoms with Crippen LogP contribution in [0.15, 0.2) is 36.7 Å². The SMILES string of the molecule is C[C@H](CO)COCc1cn(Cc2ccc(F)cc2F)c2cnc(C(=O)NO)cc12. The van der Waals surface area contributed by atoms with Gasteiger partial charge in [-0.3, -0.25) is 10.0 Å². The molecule has 3 aromatic rings. The number of pyridine rings is 1. The summed E-state index contributed by atoms with van der Waals surface area (Å²) in [5.41, 5.74) is 3.19. The normalized spacial score (nSPS) is 12.3. The lowest BCUT2D eigenvalue weighted by Gasteiger charge is -2.08. The molecule has 0 aliphatic heterocycles. The number of fused-ring (bicyclic) bond motifs is 1. The van der Waals surface area contributed by atoms with Crippen LogP contribution in [0.1, 0.15) is 28.5 Å². The number of ether oxygens (including phenoxy) is 1. The molecule has 2 heterocycles. The number of halogens is 2. The molecular weight excluding hydrogens is 384 g/mol. The topological polar surface area (TPSA) is 96.6 Å². The van der Waals surface area contributed by atoms with Crippen molar-refractivity contribution in [2.24, 2.45) is 5.92 Å². The van der Waals surface area contributed by atoms with Crippen LogP contribution in [-0.2, 0) is 17.9 Å². The van der Waals surface area contributed by atoms with Crippen LogP contribution in [0.4, 0.5) is 8.78 Å². The van der Waals surface area contributed by atoms with E-state index in [0.29, 0.717) is 23.1 Å². The minimum atomic E-state index is -0.759. The molecule has 0 bridgehead atoms. The number of carbonyl (C=O) groups is 1. The molecule has 0 aliphatic carbocycles. The average Bonchev–Trinajstić information content (AvgIpc) is 3.06. The van der Waals surface area contributed by atoms with Crippen LogP contribution in [0.25, 0.3) is 10.9 Å². The standard InChI is InChI=1S/C20H21F2N3O4/c1-12(9-26)10-29-11-14-8-25(7-13-2-3-15(21)4-17(13)22)19-6-23-18(5-16(14)19)20(27)24-28/h2-6,8,12,26,28H,7,9-11H2,1H3,(H,24,27)/t12-/m1/s1. The van der Waals surface area contributed by atoms with Crippen LogP contribution in [0.5, 0.6) is 0 Å². The van der Waals surface area contributed by atoms with Gasteiger partial charge in [-0.25, -0.2) is 19.2 Å². The van der Waals surface area contributed by atoms with E-state index in [1.165, 1.54) is 29.9 Å². The van der Waals surface area contributed by atoms with E-state index < -0.39 is 17.5 Å². The van der Waals surface area contributed by atoms with Crippen LogP contribution >= 0.6 is 0 Å². The molecule has 0 saturated heterocycles. The third-order valence-corrected chi connectivity index (χ3v) is 4.51. The van der Waals surface area contributed by atoms with E-state index in [-0.39, 0.29) is 31.4 Å². The van der Waals surface area contributed by atoms with Gasteiger partial charge in [0, 0.05) is 41.3 Å². The maximum atomic E-state index is 14.1. The van der Waals surface area contributed by atoms with Crippen molar-refractivity contribution >= 4 is 16.8 Å². The summed E-state index contributed by atoms with van der Waals surface area (Å²) in [7, 11) is 0.